The number of benzene rings is 2. The third-order valence-electron chi connectivity index (χ3n) is 5.73. The van der Waals surface area contributed by atoms with Crippen molar-refractivity contribution in [3.05, 3.63) is 88.7 Å². The fraction of sp³-hybridized carbons (Fsp3) is 0.269. The summed E-state index contributed by atoms with van der Waals surface area (Å²) in [6.45, 7) is 4.45. The van der Waals surface area contributed by atoms with Crippen LogP contribution in [0.1, 0.15) is 39.5 Å². The maximum atomic E-state index is 13.2. The SMILES string of the molecule is Cc1noc(C)c1CSc1ccccc1C(=O)N(C)CCCc1cc(-c2ccc(F)cc2)n[nH]1. The predicted octanol–water partition coefficient (Wildman–Crippen LogP) is 5.82. The lowest BCUT2D eigenvalue weighted by atomic mass is 10.1. The smallest absolute Gasteiger partial charge is 0.254 e. The summed E-state index contributed by atoms with van der Waals surface area (Å²) < 4.78 is 18.4. The molecule has 0 spiro atoms. The van der Waals surface area contributed by atoms with E-state index in [2.05, 4.69) is 15.4 Å². The molecule has 2 aromatic heterocycles. The molecule has 1 amide bonds. The number of rotatable bonds is 9. The number of hydrogen-bond acceptors (Lipinski definition) is 5. The van der Waals surface area contributed by atoms with Crippen LogP contribution in [0.2, 0.25) is 0 Å². The third kappa shape index (κ3) is 5.56. The molecule has 4 rings (SSSR count). The molecule has 34 heavy (non-hydrogen) atoms. The van der Waals surface area contributed by atoms with Crippen molar-refractivity contribution >= 4 is 17.7 Å². The molecule has 0 bridgehead atoms. The van der Waals surface area contributed by atoms with Crippen LogP contribution in [0.4, 0.5) is 4.39 Å². The van der Waals surface area contributed by atoms with Gasteiger partial charge in [0.25, 0.3) is 5.91 Å². The van der Waals surface area contributed by atoms with Crippen molar-refractivity contribution in [1.82, 2.24) is 20.3 Å². The highest BCUT2D eigenvalue weighted by Crippen LogP contribution is 2.29. The zero-order valence-electron chi connectivity index (χ0n) is 19.5. The van der Waals surface area contributed by atoms with Crippen LogP contribution in [-0.2, 0) is 12.2 Å². The molecule has 0 saturated carbocycles. The van der Waals surface area contributed by atoms with Gasteiger partial charge in [-0.1, -0.05) is 17.3 Å². The summed E-state index contributed by atoms with van der Waals surface area (Å²) in [5.41, 5.74) is 5.27. The maximum absolute atomic E-state index is 13.2. The van der Waals surface area contributed by atoms with Crippen LogP contribution in [0.25, 0.3) is 11.3 Å². The van der Waals surface area contributed by atoms with Crippen LogP contribution in [-0.4, -0.2) is 39.8 Å². The van der Waals surface area contributed by atoms with Gasteiger partial charge in [-0.2, -0.15) is 5.10 Å². The molecule has 176 valence electrons. The van der Waals surface area contributed by atoms with E-state index in [1.807, 2.05) is 51.2 Å². The molecular formula is C26H27FN4O2S. The Balaban J connectivity index is 1.33. The molecule has 1 N–H and O–H groups in total. The Bertz CT molecular complexity index is 1250. The molecule has 0 fully saturated rings. The monoisotopic (exact) mass is 478 g/mol. The van der Waals surface area contributed by atoms with E-state index in [1.165, 1.54) is 12.1 Å². The van der Waals surface area contributed by atoms with Gasteiger partial charge in [-0.3, -0.25) is 9.89 Å². The highest BCUT2D eigenvalue weighted by Gasteiger charge is 2.17. The average Bonchev–Trinajstić information content (AvgIpc) is 3.44. The second-order valence-corrected chi connectivity index (χ2v) is 9.22. The Kier molecular flexibility index (Phi) is 7.47. The summed E-state index contributed by atoms with van der Waals surface area (Å²) in [6, 6.07) is 15.9. The van der Waals surface area contributed by atoms with Gasteiger partial charge in [-0.15, -0.1) is 11.8 Å². The lowest BCUT2D eigenvalue weighted by Gasteiger charge is -2.18. The molecule has 0 aliphatic heterocycles. The van der Waals surface area contributed by atoms with E-state index in [9.17, 15) is 9.18 Å². The first kappa shape index (κ1) is 23.8. The fourth-order valence-electron chi connectivity index (χ4n) is 3.70. The quantitative estimate of drug-likeness (QED) is 0.307. The minimum Gasteiger partial charge on any atom is -0.361 e. The van der Waals surface area contributed by atoms with Crippen molar-refractivity contribution in [2.24, 2.45) is 0 Å². The third-order valence-corrected chi connectivity index (χ3v) is 6.83. The molecule has 0 atom stereocenters. The molecule has 2 aromatic carbocycles. The number of nitrogens with one attached hydrogen (secondary N) is 1. The first-order valence-electron chi connectivity index (χ1n) is 11.1. The zero-order valence-corrected chi connectivity index (χ0v) is 20.3. The predicted molar refractivity (Wildman–Crippen MR) is 131 cm³/mol. The zero-order chi connectivity index (χ0) is 24.1. The van der Waals surface area contributed by atoms with Gasteiger partial charge in [0.05, 0.1) is 17.0 Å². The summed E-state index contributed by atoms with van der Waals surface area (Å²) in [6.07, 6.45) is 1.55. The fourth-order valence-corrected chi connectivity index (χ4v) is 4.90. The summed E-state index contributed by atoms with van der Waals surface area (Å²) in [5.74, 6) is 1.24. The van der Waals surface area contributed by atoms with E-state index in [0.29, 0.717) is 17.9 Å². The average molecular weight is 479 g/mol. The molecular weight excluding hydrogens is 451 g/mol. The Morgan fingerprint density at radius 1 is 1.15 bits per heavy atom. The van der Waals surface area contributed by atoms with Crippen molar-refractivity contribution in [2.75, 3.05) is 13.6 Å². The van der Waals surface area contributed by atoms with Crippen LogP contribution in [0.5, 0.6) is 0 Å². The summed E-state index contributed by atoms with van der Waals surface area (Å²) in [4.78, 5) is 15.8. The number of aryl methyl sites for hydroxylation is 3. The van der Waals surface area contributed by atoms with E-state index in [0.717, 1.165) is 51.7 Å². The van der Waals surface area contributed by atoms with Crippen molar-refractivity contribution < 1.29 is 13.7 Å². The van der Waals surface area contributed by atoms with Crippen LogP contribution >= 0.6 is 11.8 Å². The minimum atomic E-state index is -0.268. The topological polar surface area (TPSA) is 75.0 Å². The van der Waals surface area contributed by atoms with E-state index in [-0.39, 0.29) is 11.7 Å². The molecule has 8 heteroatoms. The van der Waals surface area contributed by atoms with Gasteiger partial charge in [0.2, 0.25) is 0 Å². The maximum Gasteiger partial charge on any atom is 0.254 e. The van der Waals surface area contributed by atoms with Crippen LogP contribution in [0, 0.1) is 19.7 Å². The number of thioether (sulfide) groups is 1. The number of amides is 1. The van der Waals surface area contributed by atoms with Crippen LogP contribution < -0.4 is 0 Å². The molecule has 6 nitrogen and oxygen atoms in total. The number of nitrogens with zero attached hydrogens (tertiary/aromatic N) is 3. The Morgan fingerprint density at radius 2 is 1.91 bits per heavy atom. The molecule has 0 aliphatic rings. The van der Waals surface area contributed by atoms with Crippen molar-refractivity contribution in [2.45, 2.75) is 37.3 Å². The number of hydrogen-bond donors (Lipinski definition) is 1. The van der Waals surface area contributed by atoms with Gasteiger partial charge < -0.3 is 9.42 Å². The second kappa shape index (κ2) is 10.7. The van der Waals surface area contributed by atoms with Crippen molar-refractivity contribution in [1.29, 1.82) is 0 Å². The van der Waals surface area contributed by atoms with Gasteiger partial charge in [0, 0.05) is 41.1 Å². The number of aromatic nitrogens is 3. The Labute approximate surface area is 202 Å². The van der Waals surface area contributed by atoms with E-state index in [4.69, 9.17) is 4.52 Å². The van der Waals surface area contributed by atoms with Gasteiger partial charge in [0.15, 0.2) is 0 Å². The summed E-state index contributed by atoms with van der Waals surface area (Å²) in [5, 5.41) is 11.4. The van der Waals surface area contributed by atoms with Gasteiger partial charge in [-0.25, -0.2) is 4.39 Å². The largest absolute Gasteiger partial charge is 0.361 e. The molecule has 4 aromatic rings. The lowest BCUT2D eigenvalue weighted by molar-refractivity contribution is 0.0790. The molecule has 2 heterocycles. The number of carbonyl (C=O) groups excluding carboxylic acids is 1. The van der Waals surface area contributed by atoms with E-state index < -0.39 is 0 Å². The minimum absolute atomic E-state index is 0.00141. The molecule has 0 saturated heterocycles. The highest BCUT2D eigenvalue weighted by atomic mass is 32.2. The normalized spacial score (nSPS) is 11.1. The first-order chi connectivity index (χ1) is 16.4. The van der Waals surface area contributed by atoms with Gasteiger partial charge >= 0.3 is 0 Å². The Hall–Kier alpha value is -3.39. The standard InChI is InChI=1S/C26H27FN4O2S/c1-17-23(18(2)33-30-17)16-34-25-9-5-4-8-22(25)26(32)31(3)14-6-7-21-15-24(29-28-21)19-10-12-20(27)13-11-19/h4-5,8-13,15H,6-7,14,16H2,1-3H3,(H,28,29). The highest BCUT2D eigenvalue weighted by molar-refractivity contribution is 7.98. The number of H-pyrrole nitrogens is 1. The second-order valence-electron chi connectivity index (χ2n) is 8.20. The molecule has 0 radical (unpaired) electrons. The van der Waals surface area contributed by atoms with Crippen molar-refractivity contribution in [3.63, 3.8) is 0 Å². The Morgan fingerprint density at radius 3 is 2.65 bits per heavy atom. The number of aromatic amines is 1. The summed E-state index contributed by atoms with van der Waals surface area (Å²) >= 11 is 1.62. The van der Waals surface area contributed by atoms with Crippen molar-refractivity contribution in [3.8, 4) is 11.3 Å². The number of carbonyl (C=O) groups is 1. The summed E-state index contributed by atoms with van der Waals surface area (Å²) in [7, 11) is 1.83. The van der Waals surface area contributed by atoms with Crippen LogP contribution in [0.15, 0.2) is 64.0 Å². The van der Waals surface area contributed by atoms with Crippen LogP contribution in [0.3, 0.4) is 0 Å². The van der Waals surface area contributed by atoms with Gasteiger partial charge in [-0.05, 0) is 69.2 Å². The number of halogens is 1. The molecule has 0 unspecified atom stereocenters. The first-order valence-corrected chi connectivity index (χ1v) is 12.1. The van der Waals surface area contributed by atoms with Gasteiger partial charge in [0.1, 0.15) is 11.6 Å². The molecule has 0 aliphatic carbocycles. The lowest BCUT2D eigenvalue weighted by Crippen LogP contribution is -2.28. The van der Waals surface area contributed by atoms with E-state index >= 15 is 0 Å². The van der Waals surface area contributed by atoms with E-state index in [1.54, 1.807) is 28.8 Å².